The second-order valence-corrected chi connectivity index (χ2v) is 10.4. The van der Waals surface area contributed by atoms with Crippen LogP contribution in [0.3, 0.4) is 0 Å². The quantitative estimate of drug-likeness (QED) is 0.146. The molecule has 0 bridgehead atoms. The number of nitrogens with one attached hydrogen (secondary N) is 1. The maximum absolute atomic E-state index is 6.46. The lowest BCUT2D eigenvalue weighted by Gasteiger charge is -2.32. The van der Waals surface area contributed by atoms with Crippen molar-refractivity contribution in [2.24, 2.45) is 0 Å². The van der Waals surface area contributed by atoms with E-state index in [1.54, 1.807) is 0 Å². The number of ether oxygens (including phenoxy) is 4. The fourth-order valence-corrected chi connectivity index (χ4v) is 5.24. The molecule has 41 heavy (non-hydrogen) atoms. The van der Waals surface area contributed by atoms with Gasteiger partial charge >= 0.3 is 0 Å². The van der Waals surface area contributed by atoms with Crippen molar-refractivity contribution in [3.05, 3.63) is 108 Å². The molecule has 4 aromatic rings. The van der Waals surface area contributed by atoms with Crippen LogP contribution >= 0.6 is 17.0 Å². The van der Waals surface area contributed by atoms with Gasteiger partial charge in [-0.2, -0.15) is 0 Å². The van der Waals surface area contributed by atoms with Crippen LogP contribution in [0.1, 0.15) is 48.8 Å². The molecule has 0 aromatic heterocycles. The number of para-hydroxylation sites is 1. The van der Waals surface area contributed by atoms with E-state index in [4.69, 9.17) is 18.9 Å². The van der Waals surface area contributed by atoms with Crippen molar-refractivity contribution in [2.75, 3.05) is 32.9 Å². The summed E-state index contributed by atoms with van der Waals surface area (Å²) < 4.78 is 24.2. The molecule has 1 N–H and O–H groups in total. The molecule has 1 aliphatic heterocycles. The smallest absolute Gasteiger partial charge is 0.124 e. The van der Waals surface area contributed by atoms with Crippen LogP contribution in [-0.2, 0) is 22.7 Å². The van der Waals surface area contributed by atoms with E-state index in [9.17, 15) is 0 Å². The van der Waals surface area contributed by atoms with Crippen LogP contribution < -0.4 is 14.8 Å². The minimum atomic E-state index is 0. The molecule has 2 atom stereocenters. The Morgan fingerprint density at radius 2 is 1.59 bits per heavy atom. The van der Waals surface area contributed by atoms with Gasteiger partial charge in [-0.3, -0.25) is 0 Å². The van der Waals surface area contributed by atoms with Gasteiger partial charge in [-0.05, 0) is 65.6 Å². The van der Waals surface area contributed by atoms with Crippen LogP contribution in [0.2, 0.25) is 0 Å². The average Bonchev–Trinajstić information content (AvgIpc) is 3.01. The molecule has 0 amide bonds. The van der Waals surface area contributed by atoms with Gasteiger partial charge in [-0.15, -0.1) is 17.0 Å². The number of halogens is 1. The third-order valence-electron chi connectivity index (χ3n) is 7.41. The lowest BCUT2D eigenvalue weighted by atomic mass is 9.87. The average molecular weight is 621 g/mol. The number of benzene rings is 4. The highest BCUT2D eigenvalue weighted by Gasteiger charge is 2.27. The highest BCUT2D eigenvalue weighted by Crippen LogP contribution is 2.30. The molecule has 0 aliphatic carbocycles. The molecule has 5 nitrogen and oxygen atoms in total. The third-order valence-corrected chi connectivity index (χ3v) is 7.41. The SMILES string of the molecule is Br.CCCOc1ccccc1COCCCOc1ccc(C2CCNCC2OCc2ccc3ccccc3c2)cc1. The molecule has 5 rings (SSSR count). The van der Waals surface area contributed by atoms with Crippen LogP contribution in [0.15, 0.2) is 91.0 Å². The van der Waals surface area contributed by atoms with E-state index in [1.165, 1.54) is 21.9 Å². The first-order valence-corrected chi connectivity index (χ1v) is 14.6. The molecule has 1 heterocycles. The molecule has 2 unspecified atom stereocenters. The minimum absolute atomic E-state index is 0. The second-order valence-electron chi connectivity index (χ2n) is 10.4. The van der Waals surface area contributed by atoms with Gasteiger partial charge in [-0.1, -0.05) is 73.7 Å². The van der Waals surface area contributed by atoms with Crippen molar-refractivity contribution in [3.63, 3.8) is 0 Å². The largest absolute Gasteiger partial charge is 0.494 e. The van der Waals surface area contributed by atoms with Crippen molar-refractivity contribution in [1.82, 2.24) is 5.32 Å². The normalized spacial score (nSPS) is 16.7. The maximum atomic E-state index is 6.46. The Morgan fingerprint density at radius 1 is 0.780 bits per heavy atom. The number of hydrogen-bond acceptors (Lipinski definition) is 5. The summed E-state index contributed by atoms with van der Waals surface area (Å²) in [7, 11) is 0. The predicted octanol–water partition coefficient (Wildman–Crippen LogP) is 7.85. The summed E-state index contributed by atoms with van der Waals surface area (Å²) >= 11 is 0. The van der Waals surface area contributed by atoms with E-state index >= 15 is 0 Å². The van der Waals surface area contributed by atoms with Crippen molar-refractivity contribution in [3.8, 4) is 11.5 Å². The Bertz CT molecular complexity index is 1330. The highest BCUT2D eigenvalue weighted by atomic mass is 79.9. The summed E-state index contributed by atoms with van der Waals surface area (Å²) in [6.45, 7) is 7.15. The summed E-state index contributed by atoms with van der Waals surface area (Å²) in [5, 5.41) is 6.03. The Morgan fingerprint density at radius 3 is 2.44 bits per heavy atom. The number of fused-ring (bicyclic) bond motifs is 1. The summed E-state index contributed by atoms with van der Waals surface area (Å²) in [4.78, 5) is 0. The third kappa shape index (κ3) is 9.04. The summed E-state index contributed by atoms with van der Waals surface area (Å²) in [6.07, 6.45) is 3.03. The van der Waals surface area contributed by atoms with Crippen LogP contribution in [0, 0.1) is 0 Å². The van der Waals surface area contributed by atoms with E-state index in [1.807, 2.05) is 18.2 Å². The predicted molar refractivity (Wildman–Crippen MR) is 172 cm³/mol. The van der Waals surface area contributed by atoms with E-state index in [0.29, 0.717) is 32.3 Å². The summed E-state index contributed by atoms with van der Waals surface area (Å²) in [6, 6.07) is 31.7. The molecule has 0 spiro atoms. The first-order valence-electron chi connectivity index (χ1n) is 14.6. The molecular formula is C35H42BrNO4. The van der Waals surface area contributed by atoms with E-state index in [-0.39, 0.29) is 23.1 Å². The van der Waals surface area contributed by atoms with Crippen molar-refractivity contribution in [2.45, 2.75) is 51.4 Å². The Kier molecular flexibility index (Phi) is 12.5. The zero-order chi connectivity index (χ0) is 27.4. The van der Waals surface area contributed by atoms with Gasteiger partial charge in [0.1, 0.15) is 11.5 Å². The Balaban J connectivity index is 0.00000387. The molecule has 4 aromatic carbocycles. The maximum Gasteiger partial charge on any atom is 0.124 e. The summed E-state index contributed by atoms with van der Waals surface area (Å²) in [5.41, 5.74) is 3.61. The summed E-state index contributed by atoms with van der Waals surface area (Å²) in [5.74, 6) is 2.17. The molecule has 0 radical (unpaired) electrons. The molecule has 6 heteroatoms. The Hall–Kier alpha value is -2.90. The van der Waals surface area contributed by atoms with Crippen molar-refractivity contribution in [1.29, 1.82) is 0 Å². The number of piperidine rings is 1. The van der Waals surface area contributed by atoms with Gasteiger partial charge in [0.25, 0.3) is 0 Å². The molecule has 1 fully saturated rings. The van der Waals surface area contributed by atoms with Crippen LogP contribution in [0.4, 0.5) is 0 Å². The molecular weight excluding hydrogens is 578 g/mol. The Labute approximate surface area is 254 Å². The lowest BCUT2D eigenvalue weighted by molar-refractivity contribution is 0.0106. The fourth-order valence-electron chi connectivity index (χ4n) is 5.24. The van der Waals surface area contributed by atoms with Gasteiger partial charge in [0.15, 0.2) is 0 Å². The van der Waals surface area contributed by atoms with Gasteiger partial charge < -0.3 is 24.3 Å². The molecule has 218 valence electrons. The van der Waals surface area contributed by atoms with Crippen LogP contribution in [0.5, 0.6) is 11.5 Å². The van der Waals surface area contributed by atoms with Gasteiger partial charge in [0.05, 0.1) is 39.1 Å². The highest BCUT2D eigenvalue weighted by molar-refractivity contribution is 8.93. The first kappa shape index (κ1) is 31.0. The van der Waals surface area contributed by atoms with E-state index in [0.717, 1.165) is 56.0 Å². The number of rotatable bonds is 14. The van der Waals surface area contributed by atoms with Gasteiger partial charge in [0, 0.05) is 24.4 Å². The second kappa shape index (κ2) is 16.5. The molecule has 1 aliphatic rings. The topological polar surface area (TPSA) is 49.0 Å². The van der Waals surface area contributed by atoms with Crippen LogP contribution in [0.25, 0.3) is 10.8 Å². The fraction of sp³-hybridized carbons (Fsp3) is 0.371. The van der Waals surface area contributed by atoms with Gasteiger partial charge in [-0.25, -0.2) is 0 Å². The minimum Gasteiger partial charge on any atom is -0.494 e. The first-order chi connectivity index (χ1) is 19.8. The van der Waals surface area contributed by atoms with Crippen LogP contribution in [-0.4, -0.2) is 39.0 Å². The lowest BCUT2D eigenvalue weighted by Crippen LogP contribution is -2.40. The zero-order valence-electron chi connectivity index (χ0n) is 23.9. The molecule has 0 saturated carbocycles. The van der Waals surface area contributed by atoms with Crippen molar-refractivity contribution >= 4 is 27.8 Å². The van der Waals surface area contributed by atoms with Crippen molar-refractivity contribution < 1.29 is 18.9 Å². The van der Waals surface area contributed by atoms with Gasteiger partial charge in [0.2, 0.25) is 0 Å². The standard InChI is InChI=1S/C35H41NO4.BrH/c1-2-20-39-34-11-6-5-10-31(34)26-37-21-7-22-38-32-16-14-29(15-17-32)33-18-19-36-24-35(33)40-25-27-12-13-28-8-3-4-9-30(28)23-27;/h3-6,8-17,23,33,35-36H,2,7,18-22,24-26H2,1H3;1H. The van der Waals surface area contributed by atoms with E-state index < -0.39 is 0 Å². The van der Waals surface area contributed by atoms with E-state index in [2.05, 4.69) is 85.0 Å². The zero-order valence-corrected chi connectivity index (χ0v) is 25.6. The monoisotopic (exact) mass is 619 g/mol. The number of hydrogen-bond donors (Lipinski definition) is 1. The molecule has 1 saturated heterocycles.